The van der Waals surface area contributed by atoms with Crippen LogP contribution in [0.4, 0.5) is 0 Å². The van der Waals surface area contributed by atoms with Gasteiger partial charge in [0.2, 0.25) is 5.91 Å². The summed E-state index contributed by atoms with van der Waals surface area (Å²) in [7, 11) is 0. The summed E-state index contributed by atoms with van der Waals surface area (Å²) in [6.07, 6.45) is 3.52. The van der Waals surface area contributed by atoms with Crippen LogP contribution in [0.1, 0.15) is 45.4 Å². The number of rotatable bonds is 9. The van der Waals surface area contributed by atoms with Crippen molar-refractivity contribution in [2.24, 2.45) is 5.73 Å². The lowest BCUT2D eigenvalue weighted by atomic mass is 10.2. The number of hydrogen-bond donors (Lipinski definition) is 1. The Labute approximate surface area is 112 Å². The lowest BCUT2D eigenvalue weighted by Crippen LogP contribution is -2.18. The molecule has 1 aromatic rings. The molecule has 18 heavy (non-hydrogen) atoms. The Hall–Kier alpha value is -1.11. The normalized spacial score (nSPS) is 12.6. The number of unbranched alkanes of at least 4 members (excludes halogenated alkanes) is 1. The Morgan fingerprint density at radius 1 is 1.50 bits per heavy atom. The van der Waals surface area contributed by atoms with E-state index in [0.29, 0.717) is 6.42 Å². The third-order valence-electron chi connectivity index (χ3n) is 2.66. The quantitative estimate of drug-likeness (QED) is 0.732. The topological polar surface area (TPSA) is 86.7 Å². The summed E-state index contributed by atoms with van der Waals surface area (Å²) < 4.78 is 1.84. The van der Waals surface area contributed by atoms with E-state index in [9.17, 15) is 4.79 Å². The fourth-order valence-electron chi connectivity index (χ4n) is 1.55. The summed E-state index contributed by atoms with van der Waals surface area (Å²) in [5, 5.41) is 11.9. The standard InChI is InChI=1S/C11H21N5OS/c1-3-5-6-16-11(13-14-15-16)8-18-9(4-2)7-10(12)17/h9H,3-8H2,1-2H3,(H2,12,17). The number of carbonyl (C=O) groups excluding carboxylic acids is 1. The van der Waals surface area contributed by atoms with E-state index in [1.54, 1.807) is 11.8 Å². The molecular weight excluding hydrogens is 250 g/mol. The average molecular weight is 271 g/mol. The molecule has 0 saturated heterocycles. The third kappa shape index (κ3) is 5.03. The molecule has 0 fully saturated rings. The maximum atomic E-state index is 10.9. The van der Waals surface area contributed by atoms with Gasteiger partial charge in [0.1, 0.15) is 0 Å². The average Bonchev–Trinajstić information content (AvgIpc) is 2.78. The molecule has 0 aliphatic carbocycles. The smallest absolute Gasteiger partial charge is 0.218 e. The molecule has 6 nitrogen and oxygen atoms in total. The fraction of sp³-hybridized carbons (Fsp3) is 0.818. The monoisotopic (exact) mass is 271 g/mol. The molecule has 0 aliphatic rings. The van der Waals surface area contributed by atoms with Crippen molar-refractivity contribution in [3.63, 3.8) is 0 Å². The SMILES string of the molecule is CCCCn1nnnc1CSC(CC)CC(N)=O. The lowest BCUT2D eigenvalue weighted by molar-refractivity contribution is -0.118. The molecule has 102 valence electrons. The highest BCUT2D eigenvalue weighted by Crippen LogP contribution is 2.21. The van der Waals surface area contributed by atoms with Crippen LogP contribution < -0.4 is 5.73 Å². The van der Waals surface area contributed by atoms with Gasteiger partial charge in [0, 0.05) is 18.2 Å². The molecule has 0 spiro atoms. The number of carbonyl (C=O) groups is 1. The van der Waals surface area contributed by atoms with Crippen LogP contribution in [0.5, 0.6) is 0 Å². The Bertz CT molecular complexity index is 368. The molecule has 0 aliphatic heterocycles. The Kier molecular flexibility index (Phi) is 6.70. The maximum Gasteiger partial charge on any atom is 0.218 e. The number of aromatic nitrogens is 4. The van der Waals surface area contributed by atoms with Crippen molar-refractivity contribution in [3.8, 4) is 0 Å². The maximum absolute atomic E-state index is 10.9. The van der Waals surface area contributed by atoms with E-state index in [2.05, 4.69) is 29.4 Å². The van der Waals surface area contributed by atoms with Crippen molar-refractivity contribution in [3.05, 3.63) is 5.82 Å². The van der Waals surface area contributed by atoms with Crippen molar-refractivity contribution in [1.82, 2.24) is 20.2 Å². The van der Waals surface area contributed by atoms with Gasteiger partial charge in [0.15, 0.2) is 5.82 Å². The molecule has 1 heterocycles. The Morgan fingerprint density at radius 2 is 2.28 bits per heavy atom. The largest absolute Gasteiger partial charge is 0.370 e. The van der Waals surface area contributed by atoms with E-state index in [0.717, 1.165) is 37.4 Å². The van der Waals surface area contributed by atoms with Gasteiger partial charge in [-0.05, 0) is 23.3 Å². The van der Waals surface area contributed by atoms with Crippen molar-refractivity contribution in [2.45, 2.75) is 57.1 Å². The first kappa shape index (κ1) is 14.9. The molecule has 1 unspecified atom stereocenters. The first-order chi connectivity index (χ1) is 8.67. The van der Waals surface area contributed by atoms with E-state index in [1.165, 1.54) is 0 Å². The molecular formula is C11H21N5OS. The van der Waals surface area contributed by atoms with Crippen molar-refractivity contribution in [2.75, 3.05) is 0 Å². The zero-order valence-electron chi connectivity index (χ0n) is 11.0. The molecule has 7 heteroatoms. The molecule has 0 radical (unpaired) electrons. The predicted molar refractivity (Wildman–Crippen MR) is 71.9 cm³/mol. The zero-order chi connectivity index (χ0) is 13.4. The van der Waals surface area contributed by atoms with Gasteiger partial charge in [-0.3, -0.25) is 4.79 Å². The van der Waals surface area contributed by atoms with Crippen LogP contribution in [0.2, 0.25) is 0 Å². The number of amides is 1. The molecule has 1 rings (SSSR count). The number of thioether (sulfide) groups is 1. The van der Waals surface area contributed by atoms with Crippen LogP contribution in [0.15, 0.2) is 0 Å². The predicted octanol–water partition coefficient (Wildman–Crippen LogP) is 1.36. The number of aryl methyl sites for hydroxylation is 1. The number of hydrogen-bond acceptors (Lipinski definition) is 5. The number of nitrogens with two attached hydrogens (primary N) is 1. The van der Waals surface area contributed by atoms with E-state index >= 15 is 0 Å². The zero-order valence-corrected chi connectivity index (χ0v) is 11.8. The Balaban J connectivity index is 2.46. The van der Waals surface area contributed by atoms with Crippen molar-refractivity contribution in [1.29, 1.82) is 0 Å². The van der Waals surface area contributed by atoms with Crippen LogP contribution in [-0.2, 0) is 17.1 Å². The minimum absolute atomic E-state index is 0.249. The molecule has 1 atom stereocenters. The van der Waals surface area contributed by atoms with Crippen LogP contribution in [0, 0.1) is 0 Å². The van der Waals surface area contributed by atoms with Crippen LogP contribution in [0.3, 0.4) is 0 Å². The van der Waals surface area contributed by atoms with Gasteiger partial charge in [0.25, 0.3) is 0 Å². The first-order valence-electron chi connectivity index (χ1n) is 6.32. The molecule has 0 saturated carbocycles. The van der Waals surface area contributed by atoms with E-state index in [1.807, 2.05) is 4.68 Å². The van der Waals surface area contributed by atoms with Gasteiger partial charge in [0.05, 0.1) is 5.75 Å². The molecule has 1 amide bonds. The summed E-state index contributed by atoms with van der Waals surface area (Å²) in [6, 6.07) is 0. The van der Waals surface area contributed by atoms with Gasteiger partial charge >= 0.3 is 0 Å². The van der Waals surface area contributed by atoms with E-state index in [-0.39, 0.29) is 11.2 Å². The summed E-state index contributed by atoms with van der Waals surface area (Å²) in [5.74, 6) is 1.35. The fourth-order valence-corrected chi connectivity index (χ4v) is 2.66. The van der Waals surface area contributed by atoms with Crippen LogP contribution in [-0.4, -0.2) is 31.4 Å². The van der Waals surface area contributed by atoms with Gasteiger partial charge < -0.3 is 5.73 Å². The molecule has 2 N–H and O–H groups in total. The van der Waals surface area contributed by atoms with Gasteiger partial charge in [-0.2, -0.15) is 0 Å². The third-order valence-corrected chi connectivity index (χ3v) is 4.06. The number of tetrazole rings is 1. The second kappa shape index (κ2) is 8.07. The summed E-state index contributed by atoms with van der Waals surface area (Å²) in [4.78, 5) is 10.9. The first-order valence-corrected chi connectivity index (χ1v) is 7.37. The highest BCUT2D eigenvalue weighted by Gasteiger charge is 2.13. The summed E-state index contributed by atoms with van der Waals surface area (Å²) in [6.45, 7) is 5.05. The van der Waals surface area contributed by atoms with Crippen molar-refractivity contribution >= 4 is 17.7 Å². The lowest BCUT2D eigenvalue weighted by Gasteiger charge is -2.11. The Morgan fingerprint density at radius 3 is 2.89 bits per heavy atom. The molecule has 0 aromatic carbocycles. The van der Waals surface area contributed by atoms with Gasteiger partial charge in [-0.15, -0.1) is 16.9 Å². The highest BCUT2D eigenvalue weighted by atomic mass is 32.2. The minimum Gasteiger partial charge on any atom is -0.370 e. The van der Waals surface area contributed by atoms with E-state index in [4.69, 9.17) is 5.73 Å². The highest BCUT2D eigenvalue weighted by molar-refractivity contribution is 7.99. The van der Waals surface area contributed by atoms with Crippen LogP contribution in [0.25, 0.3) is 0 Å². The van der Waals surface area contributed by atoms with E-state index < -0.39 is 0 Å². The summed E-state index contributed by atoms with van der Waals surface area (Å²) in [5.41, 5.74) is 5.22. The van der Waals surface area contributed by atoms with Gasteiger partial charge in [-0.1, -0.05) is 20.3 Å². The van der Waals surface area contributed by atoms with Crippen molar-refractivity contribution < 1.29 is 4.79 Å². The number of primary amides is 1. The van der Waals surface area contributed by atoms with Crippen LogP contribution >= 0.6 is 11.8 Å². The summed E-state index contributed by atoms with van der Waals surface area (Å²) >= 11 is 1.69. The second-order valence-corrected chi connectivity index (χ2v) is 5.47. The second-order valence-electron chi connectivity index (χ2n) is 4.18. The molecule has 0 bridgehead atoms. The number of nitrogens with zero attached hydrogens (tertiary/aromatic N) is 4. The molecule has 1 aromatic heterocycles. The van der Waals surface area contributed by atoms with Gasteiger partial charge in [-0.25, -0.2) is 4.68 Å². The minimum atomic E-state index is -0.250.